The number of rotatable bonds is 8. The van der Waals surface area contributed by atoms with Crippen LogP contribution in [0.25, 0.3) is 0 Å². The Balaban J connectivity index is 4.02. The van der Waals surface area contributed by atoms with E-state index in [1.54, 1.807) is 6.92 Å². The molecule has 0 aliphatic rings. The fraction of sp³-hybridized carbons (Fsp3) is 0.727. The zero-order valence-electron chi connectivity index (χ0n) is 10.6. The molecule has 4 nitrogen and oxygen atoms in total. The summed E-state index contributed by atoms with van der Waals surface area (Å²) in [6, 6.07) is 0. The Kier molecular flexibility index (Phi) is 8.15. The summed E-state index contributed by atoms with van der Waals surface area (Å²) < 4.78 is 16.0. The minimum absolute atomic E-state index is 0.104. The highest BCUT2D eigenvalue weighted by Crippen LogP contribution is 2.02. The van der Waals surface area contributed by atoms with Gasteiger partial charge in [0.1, 0.15) is 15.4 Å². The number of carbonyl (C=O) groups is 1. The molecule has 1 unspecified atom stereocenters. The van der Waals surface area contributed by atoms with Gasteiger partial charge in [0, 0.05) is 18.8 Å². The van der Waals surface area contributed by atoms with Gasteiger partial charge in [0.25, 0.3) is 0 Å². The zero-order chi connectivity index (χ0) is 12.6. The molecule has 1 atom stereocenters. The minimum atomic E-state index is -0.776. The third kappa shape index (κ3) is 6.76. The van der Waals surface area contributed by atoms with E-state index < -0.39 is 9.52 Å². The van der Waals surface area contributed by atoms with Gasteiger partial charge < -0.3 is 14.2 Å². The maximum Gasteiger partial charge on any atom is 0.333 e. The molecule has 0 spiro atoms. The molecule has 0 aromatic carbocycles. The molecule has 0 saturated carbocycles. The highest BCUT2D eigenvalue weighted by atomic mass is 28.2. The van der Waals surface area contributed by atoms with Crippen molar-refractivity contribution in [1.82, 2.24) is 0 Å². The molecule has 5 heteroatoms. The van der Waals surface area contributed by atoms with Crippen LogP contribution in [0.2, 0.25) is 0 Å². The molecule has 0 rings (SSSR count). The molecule has 0 bridgehead atoms. The van der Waals surface area contributed by atoms with Crippen molar-refractivity contribution in [2.45, 2.75) is 39.3 Å². The molecular weight excluding hydrogens is 224 g/mol. The second-order valence-corrected chi connectivity index (χ2v) is 5.86. The SMILES string of the molecule is C=C(C)C(=O)OC(C)[SiH2]C(OCC)OCC. The summed E-state index contributed by atoms with van der Waals surface area (Å²) in [4.78, 5) is 11.3. The van der Waals surface area contributed by atoms with E-state index in [0.717, 1.165) is 0 Å². The van der Waals surface area contributed by atoms with E-state index in [2.05, 4.69) is 6.58 Å². The van der Waals surface area contributed by atoms with Crippen molar-refractivity contribution in [3.8, 4) is 0 Å². The van der Waals surface area contributed by atoms with E-state index in [9.17, 15) is 4.79 Å². The first-order valence-corrected chi connectivity index (χ1v) is 7.24. The lowest BCUT2D eigenvalue weighted by Crippen LogP contribution is -2.34. The van der Waals surface area contributed by atoms with Crippen molar-refractivity contribution >= 4 is 15.5 Å². The number of hydrogen-bond donors (Lipinski definition) is 0. The van der Waals surface area contributed by atoms with Gasteiger partial charge in [-0.1, -0.05) is 6.58 Å². The first-order chi connectivity index (χ1) is 7.51. The largest absolute Gasteiger partial charge is 0.464 e. The van der Waals surface area contributed by atoms with Crippen LogP contribution in [0.5, 0.6) is 0 Å². The van der Waals surface area contributed by atoms with Gasteiger partial charge in [0.05, 0.1) is 5.73 Å². The number of hydrogen-bond acceptors (Lipinski definition) is 4. The van der Waals surface area contributed by atoms with Crippen molar-refractivity contribution < 1.29 is 19.0 Å². The molecule has 0 aromatic rings. The van der Waals surface area contributed by atoms with Crippen LogP contribution < -0.4 is 0 Å². The fourth-order valence-electron chi connectivity index (χ4n) is 1.16. The third-order valence-electron chi connectivity index (χ3n) is 1.89. The van der Waals surface area contributed by atoms with Crippen molar-refractivity contribution in [3.05, 3.63) is 12.2 Å². The van der Waals surface area contributed by atoms with Crippen molar-refractivity contribution in [2.75, 3.05) is 13.2 Å². The highest BCUT2D eigenvalue weighted by molar-refractivity contribution is 6.38. The lowest BCUT2D eigenvalue weighted by Gasteiger charge is -2.20. The Hall–Kier alpha value is -0.653. The van der Waals surface area contributed by atoms with Gasteiger partial charge in [-0.05, 0) is 27.7 Å². The Morgan fingerprint density at radius 1 is 1.31 bits per heavy atom. The van der Waals surface area contributed by atoms with Gasteiger partial charge >= 0.3 is 5.97 Å². The molecular formula is C11H22O4Si. The summed E-state index contributed by atoms with van der Waals surface area (Å²) in [5.74, 6) is -0.519. The first-order valence-electron chi connectivity index (χ1n) is 5.60. The lowest BCUT2D eigenvalue weighted by atomic mass is 10.4. The highest BCUT2D eigenvalue weighted by Gasteiger charge is 2.17. The van der Waals surface area contributed by atoms with Gasteiger partial charge in [0.15, 0.2) is 0 Å². The summed E-state index contributed by atoms with van der Waals surface area (Å²) in [5.41, 5.74) is 0.317. The summed E-state index contributed by atoms with van der Waals surface area (Å²) in [7, 11) is -0.776. The maximum absolute atomic E-state index is 11.3. The molecule has 0 saturated heterocycles. The van der Waals surface area contributed by atoms with Crippen LogP contribution in [0.1, 0.15) is 27.7 Å². The average molecular weight is 246 g/mol. The van der Waals surface area contributed by atoms with Crippen molar-refractivity contribution in [2.24, 2.45) is 0 Å². The quantitative estimate of drug-likeness (QED) is 0.277. The second-order valence-electron chi connectivity index (χ2n) is 3.57. The molecule has 94 valence electrons. The predicted octanol–water partition coefficient (Wildman–Crippen LogP) is 0.977. The number of ether oxygens (including phenoxy) is 3. The monoisotopic (exact) mass is 246 g/mol. The Morgan fingerprint density at radius 2 is 1.81 bits per heavy atom. The molecule has 0 heterocycles. The minimum Gasteiger partial charge on any atom is -0.464 e. The van der Waals surface area contributed by atoms with Crippen LogP contribution >= 0.6 is 0 Å². The van der Waals surface area contributed by atoms with Gasteiger partial charge in [-0.2, -0.15) is 0 Å². The maximum atomic E-state index is 11.3. The molecule has 0 radical (unpaired) electrons. The van der Waals surface area contributed by atoms with Crippen LogP contribution in [0.15, 0.2) is 12.2 Å². The summed E-state index contributed by atoms with van der Waals surface area (Å²) in [5, 5.41) is 0. The molecule has 0 aromatic heterocycles. The molecule has 0 aliphatic heterocycles. The van der Waals surface area contributed by atoms with E-state index in [0.29, 0.717) is 18.8 Å². The van der Waals surface area contributed by atoms with E-state index in [-0.39, 0.29) is 17.6 Å². The normalized spacial score (nSPS) is 13.3. The van der Waals surface area contributed by atoms with Crippen LogP contribution in [0, 0.1) is 0 Å². The Morgan fingerprint density at radius 3 is 2.19 bits per heavy atom. The van der Waals surface area contributed by atoms with E-state index in [4.69, 9.17) is 14.2 Å². The van der Waals surface area contributed by atoms with Crippen LogP contribution in [0.4, 0.5) is 0 Å². The van der Waals surface area contributed by atoms with Crippen LogP contribution in [-0.4, -0.2) is 40.3 Å². The topological polar surface area (TPSA) is 44.8 Å². The average Bonchev–Trinajstić information content (AvgIpc) is 2.17. The van der Waals surface area contributed by atoms with E-state index in [1.165, 1.54) is 0 Å². The van der Waals surface area contributed by atoms with E-state index >= 15 is 0 Å². The number of esters is 1. The molecule has 16 heavy (non-hydrogen) atoms. The van der Waals surface area contributed by atoms with Gasteiger partial charge in [-0.25, -0.2) is 4.79 Å². The summed E-state index contributed by atoms with van der Waals surface area (Å²) in [6.45, 7) is 12.1. The number of carbonyl (C=O) groups excluding carboxylic acids is 1. The van der Waals surface area contributed by atoms with Crippen LogP contribution in [-0.2, 0) is 19.0 Å². The van der Waals surface area contributed by atoms with Crippen LogP contribution in [0.3, 0.4) is 0 Å². The van der Waals surface area contributed by atoms with E-state index in [1.807, 2.05) is 20.8 Å². The summed E-state index contributed by atoms with van der Waals surface area (Å²) in [6.07, 6.45) is 0. The molecule has 0 N–H and O–H groups in total. The Bertz CT molecular complexity index is 224. The standard InChI is InChI=1S/C11H22O4Si/c1-6-13-11(14-7-2)16-9(5)15-10(12)8(3)4/h9,11H,3,6-7,16H2,1-2,4-5H3. The molecule has 0 amide bonds. The van der Waals surface area contributed by atoms with Gasteiger partial charge in [-0.15, -0.1) is 0 Å². The molecule has 0 aliphatic carbocycles. The first kappa shape index (κ1) is 15.3. The Labute approximate surface area is 99.8 Å². The van der Waals surface area contributed by atoms with Gasteiger partial charge in [-0.3, -0.25) is 0 Å². The molecule has 0 fully saturated rings. The van der Waals surface area contributed by atoms with Gasteiger partial charge in [0.2, 0.25) is 0 Å². The predicted molar refractivity (Wildman–Crippen MR) is 66.0 cm³/mol. The second kappa shape index (κ2) is 8.49. The smallest absolute Gasteiger partial charge is 0.333 e. The summed E-state index contributed by atoms with van der Waals surface area (Å²) >= 11 is 0. The fourth-order valence-corrected chi connectivity index (χ4v) is 2.69. The third-order valence-corrected chi connectivity index (χ3v) is 3.57. The van der Waals surface area contributed by atoms with Crippen molar-refractivity contribution in [3.63, 3.8) is 0 Å². The van der Waals surface area contributed by atoms with Crippen molar-refractivity contribution in [1.29, 1.82) is 0 Å². The lowest BCUT2D eigenvalue weighted by molar-refractivity contribution is -0.141. The zero-order valence-corrected chi connectivity index (χ0v) is 12.0.